The Bertz CT molecular complexity index is 79.7. The van der Waals surface area contributed by atoms with Gasteiger partial charge in [-0.15, -0.1) is 0 Å². The van der Waals surface area contributed by atoms with E-state index in [-0.39, 0.29) is 18.8 Å². The fourth-order valence-electron chi connectivity index (χ4n) is 0.337. The van der Waals surface area contributed by atoms with Gasteiger partial charge in [0.1, 0.15) is 0 Å². The first-order chi connectivity index (χ1) is 3.66. The van der Waals surface area contributed by atoms with Gasteiger partial charge in [0, 0.05) is 6.42 Å². The van der Waals surface area contributed by atoms with Crippen molar-refractivity contribution in [2.45, 2.75) is 12.5 Å². The molecule has 3 nitrogen and oxygen atoms in total. The predicted octanol–water partition coefficient (Wildman–Crippen LogP) is -0.199. The maximum absolute atomic E-state index is 8.56. The Labute approximate surface area is 47.9 Å². The van der Waals surface area contributed by atoms with Gasteiger partial charge in [-0.2, -0.15) is 0 Å². The first-order valence-electron chi connectivity index (χ1n) is 2.32. The maximum atomic E-state index is 8.56. The van der Waals surface area contributed by atoms with Crippen LogP contribution in [-0.4, -0.2) is 28.0 Å². The van der Waals surface area contributed by atoms with Crippen LogP contribution in [-0.2, 0) is 0 Å². The SMILES string of the molecule is C=C(O)CC(O)CO. The molecular formula is C5H10O3. The highest BCUT2D eigenvalue weighted by atomic mass is 16.3. The topological polar surface area (TPSA) is 60.7 Å². The summed E-state index contributed by atoms with van der Waals surface area (Å²) in [7, 11) is 0. The predicted molar refractivity (Wildman–Crippen MR) is 29.5 cm³/mol. The zero-order chi connectivity index (χ0) is 6.57. The zero-order valence-electron chi connectivity index (χ0n) is 4.54. The van der Waals surface area contributed by atoms with Crippen molar-refractivity contribution in [2.75, 3.05) is 6.61 Å². The van der Waals surface area contributed by atoms with Gasteiger partial charge in [0.2, 0.25) is 0 Å². The monoisotopic (exact) mass is 118 g/mol. The number of hydrogen-bond donors (Lipinski definition) is 3. The molecule has 0 heterocycles. The molecule has 0 aromatic rings. The van der Waals surface area contributed by atoms with E-state index in [0.717, 1.165) is 0 Å². The molecule has 1 atom stereocenters. The highest BCUT2D eigenvalue weighted by Crippen LogP contribution is 1.96. The summed E-state index contributed by atoms with van der Waals surface area (Å²) >= 11 is 0. The fraction of sp³-hybridized carbons (Fsp3) is 0.600. The Morgan fingerprint density at radius 3 is 2.25 bits per heavy atom. The summed E-state index contributed by atoms with van der Waals surface area (Å²) in [6, 6.07) is 0. The second kappa shape index (κ2) is 3.46. The molecule has 0 rings (SSSR count). The van der Waals surface area contributed by atoms with Gasteiger partial charge in [-0.1, -0.05) is 6.58 Å². The summed E-state index contributed by atoms with van der Waals surface area (Å²) < 4.78 is 0. The third kappa shape index (κ3) is 3.64. The maximum Gasteiger partial charge on any atom is 0.0877 e. The lowest BCUT2D eigenvalue weighted by atomic mass is 10.2. The van der Waals surface area contributed by atoms with Crippen molar-refractivity contribution < 1.29 is 15.3 Å². The molecule has 0 aromatic carbocycles. The normalized spacial score (nSPS) is 13.2. The quantitative estimate of drug-likeness (QED) is 0.450. The highest BCUT2D eigenvalue weighted by molar-refractivity contribution is 4.81. The van der Waals surface area contributed by atoms with Crippen LogP contribution in [0.3, 0.4) is 0 Å². The summed E-state index contributed by atoms with van der Waals surface area (Å²) in [6.45, 7) is 2.79. The average Bonchev–Trinajstić information content (AvgIpc) is 1.65. The van der Waals surface area contributed by atoms with Gasteiger partial charge in [-0.05, 0) is 0 Å². The minimum atomic E-state index is -0.868. The molecule has 0 saturated heterocycles. The summed E-state index contributed by atoms with van der Waals surface area (Å²) in [5.74, 6) is -0.105. The van der Waals surface area contributed by atoms with Gasteiger partial charge in [0.25, 0.3) is 0 Å². The van der Waals surface area contributed by atoms with Crippen LogP contribution in [0.25, 0.3) is 0 Å². The van der Waals surface area contributed by atoms with Crippen molar-refractivity contribution in [3.05, 3.63) is 12.3 Å². The molecule has 0 fully saturated rings. The molecule has 0 aliphatic carbocycles. The van der Waals surface area contributed by atoms with Crippen LogP contribution in [0, 0.1) is 0 Å². The van der Waals surface area contributed by atoms with Crippen LogP contribution in [0.4, 0.5) is 0 Å². The minimum Gasteiger partial charge on any atom is -0.513 e. The Morgan fingerprint density at radius 1 is 1.62 bits per heavy atom. The smallest absolute Gasteiger partial charge is 0.0877 e. The summed E-state index contributed by atoms with van der Waals surface area (Å²) in [6.07, 6.45) is -0.816. The summed E-state index contributed by atoms with van der Waals surface area (Å²) in [5.41, 5.74) is 0. The molecule has 0 aromatic heterocycles. The van der Waals surface area contributed by atoms with Gasteiger partial charge >= 0.3 is 0 Å². The molecule has 3 heteroatoms. The highest BCUT2D eigenvalue weighted by Gasteiger charge is 2.01. The van der Waals surface area contributed by atoms with Gasteiger partial charge in [0.05, 0.1) is 18.5 Å². The molecule has 3 N–H and O–H groups in total. The van der Waals surface area contributed by atoms with E-state index in [1.54, 1.807) is 0 Å². The molecule has 0 amide bonds. The Morgan fingerprint density at radius 2 is 2.12 bits per heavy atom. The lowest BCUT2D eigenvalue weighted by Crippen LogP contribution is -2.11. The molecular weight excluding hydrogens is 108 g/mol. The number of hydrogen-bond acceptors (Lipinski definition) is 3. The van der Waals surface area contributed by atoms with E-state index in [2.05, 4.69) is 6.58 Å². The molecule has 0 spiro atoms. The molecule has 48 valence electrons. The van der Waals surface area contributed by atoms with E-state index in [1.165, 1.54) is 0 Å². The molecule has 0 radical (unpaired) electrons. The van der Waals surface area contributed by atoms with Crippen molar-refractivity contribution in [1.29, 1.82) is 0 Å². The van der Waals surface area contributed by atoms with E-state index in [0.29, 0.717) is 0 Å². The third-order valence-electron chi connectivity index (χ3n) is 0.682. The van der Waals surface area contributed by atoms with Crippen LogP contribution in [0.2, 0.25) is 0 Å². The molecule has 0 saturated carbocycles. The van der Waals surface area contributed by atoms with Crippen molar-refractivity contribution >= 4 is 0 Å². The third-order valence-corrected chi connectivity index (χ3v) is 0.682. The number of aliphatic hydroxyl groups excluding tert-OH is 3. The van der Waals surface area contributed by atoms with Crippen molar-refractivity contribution in [2.24, 2.45) is 0 Å². The van der Waals surface area contributed by atoms with Gasteiger partial charge in [-0.3, -0.25) is 0 Å². The Kier molecular flexibility index (Phi) is 3.23. The molecule has 0 aliphatic heterocycles. The number of aliphatic hydroxyl groups is 3. The lowest BCUT2D eigenvalue weighted by Gasteiger charge is -2.02. The van der Waals surface area contributed by atoms with E-state index in [9.17, 15) is 0 Å². The fourth-order valence-corrected chi connectivity index (χ4v) is 0.337. The second-order valence-corrected chi connectivity index (χ2v) is 1.61. The van der Waals surface area contributed by atoms with Crippen LogP contribution in [0.5, 0.6) is 0 Å². The van der Waals surface area contributed by atoms with Gasteiger partial charge < -0.3 is 15.3 Å². The van der Waals surface area contributed by atoms with E-state index in [1.807, 2.05) is 0 Å². The molecule has 0 aliphatic rings. The lowest BCUT2D eigenvalue weighted by molar-refractivity contribution is 0.0867. The Balaban J connectivity index is 3.24. The second-order valence-electron chi connectivity index (χ2n) is 1.61. The summed E-state index contributed by atoms with van der Waals surface area (Å²) in [4.78, 5) is 0. The van der Waals surface area contributed by atoms with Crippen LogP contribution in [0.15, 0.2) is 12.3 Å². The minimum absolute atomic E-state index is 0.0521. The molecule has 1 unspecified atom stereocenters. The van der Waals surface area contributed by atoms with E-state index < -0.39 is 6.10 Å². The van der Waals surface area contributed by atoms with Crippen molar-refractivity contribution in [3.63, 3.8) is 0 Å². The zero-order valence-corrected chi connectivity index (χ0v) is 4.54. The first-order valence-corrected chi connectivity index (χ1v) is 2.32. The number of rotatable bonds is 3. The van der Waals surface area contributed by atoms with Crippen LogP contribution >= 0.6 is 0 Å². The van der Waals surface area contributed by atoms with Crippen molar-refractivity contribution in [1.82, 2.24) is 0 Å². The molecule has 0 bridgehead atoms. The standard InChI is InChI=1S/C5H10O3/c1-4(7)2-5(8)3-6/h5-8H,1-3H2. The largest absolute Gasteiger partial charge is 0.513 e. The van der Waals surface area contributed by atoms with Crippen LogP contribution in [0.1, 0.15) is 6.42 Å². The van der Waals surface area contributed by atoms with E-state index >= 15 is 0 Å². The first kappa shape index (κ1) is 7.46. The molecule has 8 heavy (non-hydrogen) atoms. The van der Waals surface area contributed by atoms with Gasteiger partial charge in [0.15, 0.2) is 0 Å². The van der Waals surface area contributed by atoms with E-state index in [4.69, 9.17) is 15.3 Å². The van der Waals surface area contributed by atoms with Crippen LogP contribution < -0.4 is 0 Å². The average molecular weight is 118 g/mol. The van der Waals surface area contributed by atoms with Gasteiger partial charge in [-0.25, -0.2) is 0 Å². The Hall–Kier alpha value is -0.540. The van der Waals surface area contributed by atoms with Crippen molar-refractivity contribution in [3.8, 4) is 0 Å². The summed E-state index contributed by atoms with van der Waals surface area (Å²) in [5, 5.41) is 25.1.